The predicted molar refractivity (Wildman–Crippen MR) is 95.5 cm³/mol. The van der Waals surface area contributed by atoms with Crippen LogP contribution >= 0.6 is 11.8 Å². The number of pyridine rings is 1. The Morgan fingerprint density at radius 2 is 2.12 bits per heavy atom. The zero-order valence-electron chi connectivity index (χ0n) is 13.4. The maximum atomic E-state index is 11.8. The molecule has 0 saturated carbocycles. The first-order valence-electron chi connectivity index (χ1n) is 7.91. The lowest BCUT2D eigenvalue weighted by Crippen LogP contribution is -2.09. The van der Waals surface area contributed by atoms with Gasteiger partial charge in [0.1, 0.15) is 0 Å². The van der Waals surface area contributed by atoms with Crippen LogP contribution in [0.5, 0.6) is 0 Å². The van der Waals surface area contributed by atoms with Gasteiger partial charge in [0.2, 0.25) is 5.56 Å². The van der Waals surface area contributed by atoms with Gasteiger partial charge in [-0.3, -0.25) is 4.79 Å². The van der Waals surface area contributed by atoms with Crippen LogP contribution in [0.4, 0.5) is 0 Å². The average Bonchev–Trinajstić information content (AvgIpc) is 3.03. The van der Waals surface area contributed by atoms with Gasteiger partial charge in [0.15, 0.2) is 5.69 Å². The molecular formula is C18H15N3O3S. The van der Waals surface area contributed by atoms with Crippen molar-refractivity contribution in [3.8, 4) is 16.9 Å². The van der Waals surface area contributed by atoms with Gasteiger partial charge in [-0.2, -0.15) is 5.10 Å². The first kappa shape index (κ1) is 15.7. The Morgan fingerprint density at radius 3 is 2.80 bits per heavy atom. The number of aromatic carboxylic acids is 1. The van der Waals surface area contributed by atoms with Crippen LogP contribution in [0.1, 0.15) is 34.6 Å². The Kier molecular flexibility index (Phi) is 3.73. The maximum Gasteiger partial charge on any atom is 0.356 e. The molecule has 2 aromatic heterocycles. The number of rotatable bonds is 3. The maximum absolute atomic E-state index is 11.8. The second kappa shape index (κ2) is 5.93. The van der Waals surface area contributed by atoms with E-state index in [0.717, 1.165) is 28.1 Å². The van der Waals surface area contributed by atoms with E-state index in [4.69, 9.17) is 0 Å². The summed E-state index contributed by atoms with van der Waals surface area (Å²) in [4.78, 5) is 26.9. The third kappa shape index (κ3) is 2.47. The summed E-state index contributed by atoms with van der Waals surface area (Å²) in [5.41, 5.74) is 2.95. The predicted octanol–water partition coefficient (Wildman–Crippen LogP) is 3.48. The van der Waals surface area contributed by atoms with Gasteiger partial charge in [-0.15, -0.1) is 11.8 Å². The van der Waals surface area contributed by atoms with Gasteiger partial charge in [0.25, 0.3) is 0 Å². The van der Waals surface area contributed by atoms with E-state index in [1.807, 2.05) is 31.2 Å². The number of carbonyl (C=O) groups is 1. The Morgan fingerprint density at radius 1 is 1.32 bits per heavy atom. The van der Waals surface area contributed by atoms with E-state index in [2.05, 4.69) is 10.1 Å². The molecular weight excluding hydrogens is 338 g/mol. The summed E-state index contributed by atoms with van der Waals surface area (Å²) in [6.45, 7) is 2.04. The number of aromatic nitrogens is 3. The lowest BCUT2D eigenvalue weighted by molar-refractivity contribution is 0.0688. The molecule has 3 aromatic rings. The lowest BCUT2D eigenvalue weighted by atomic mass is 10.00. The third-order valence-corrected chi connectivity index (χ3v) is 5.70. The van der Waals surface area contributed by atoms with E-state index >= 15 is 0 Å². The van der Waals surface area contributed by atoms with Gasteiger partial charge in [-0.25, -0.2) is 9.48 Å². The molecule has 126 valence electrons. The average molecular weight is 353 g/mol. The number of hydrogen-bond donors (Lipinski definition) is 2. The molecule has 0 fully saturated rings. The summed E-state index contributed by atoms with van der Waals surface area (Å²) >= 11 is 1.67. The monoisotopic (exact) mass is 353 g/mol. The molecule has 1 aromatic carbocycles. The molecule has 1 unspecified atom stereocenters. The second-order valence-electron chi connectivity index (χ2n) is 5.75. The minimum Gasteiger partial charge on any atom is -0.476 e. The van der Waals surface area contributed by atoms with Crippen LogP contribution in [0.3, 0.4) is 0 Å². The quantitative estimate of drug-likeness (QED) is 0.752. The number of thioether (sulfide) groups is 1. The molecule has 2 N–H and O–H groups in total. The number of nitrogens with zero attached hydrogens (tertiary/aromatic N) is 2. The highest BCUT2D eigenvalue weighted by molar-refractivity contribution is 7.99. The summed E-state index contributed by atoms with van der Waals surface area (Å²) in [6, 6.07) is 11.0. The Bertz CT molecular complexity index is 1020. The molecule has 0 bridgehead atoms. The number of aromatic amines is 1. The van der Waals surface area contributed by atoms with Crippen LogP contribution in [0.25, 0.3) is 16.9 Å². The van der Waals surface area contributed by atoms with Crippen molar-refractivity contribution >= 4 is 17.7 Å². The zero-order chi connectivity index (χ0) is 17.6. The van der Waals surface area contributed by atoms with Crippen molar-refractivity contribution in [1.29, 1.82) is 0 Å². The zero-order valence-corrected chi connectivity index (χ0v) is 14.2. The topological polar surface area (TPSA) is 88.0 Å². The minimum absolute atomic E-state index is 0.0208. The Balaban J connectivity index is 2.06. The van der Waals surface area contributed by atoms with E-state index in [-0.39, 0.29) is 16.5 Å². The molecule has 0 spiro atoms. The summed E-state index contributed by atoms with van der Waals surface area (Å²) in [6.07, 6.45) is 2.34. The fourth-order valence-electron chi connectivity index (χ4n) is 3.14. The van der Waals surface area contributed by atoms with Gasteiger partial charge < -0.3 is 10.1 Å². The highest BCUT2D eigenvalue weighted by Gasteiger charge is 2.34. The molecule has 7 heteroatoms. The first-order valence-corrected chi connectivity index (χ1v) is 8.79. The summed E-state index contributed by atoms with van der Waals surface area (Å²) in [5.74, 6) is -1.04. The van der Waals surface area contributed by atoms with Crippen LogP contribution in [0.15, 0.2) is 52.3 Å². The van der Waals surface area contributed by atoms with Gasteiger partial charge in [0.05, 0.1) is 11.4 Å². The normalized spacial score (nSPS) is 15.5. The summed E-state index contributed by atoms with van der Waals surface area (Å²) in [7, 11) is 0. The molecule has 3 heterocycles. The summed E-state index contributed by atoms with van der Waals surface area (Å²) in [5, 5.41) is 14.1. The highest BCUT2D eigenvalue weighted by Crippen LogP contribution is 2.51. The largest absolute Gasteiger partial charge is 0.476 e. The van der Waals surface area contributed by atoms with E-state index in [1.54, 1.807) is 28.7 Å². The van der Waals surface area contributed by atoms with Crippen LogP contribution in [0, 0.1) is 0 Å². The number of nitrogens with one attached hydrogen (secondary N) is 1. The molecule has 4 rings (SSSR count). The molecule has 1 atom stereocenters. The number of hydrogen-bond acceptors (Lipinski definition) is 4. The van der Waals surface area contributed by atoms with Crippen molar-refractivity contribution in [3.05, 3.63) is 64.2 Å². The van der Waals surface area contributed by atoms with Crippen molar-refractivity contribution in [1.82, 2.24) is 14.8 Å². The van der Waals surface area contributed by atoms with Crippen molar-refractivity contribution in [3.63, 3.8) is 0 Å². The van der Waals surface area contributed by atoms with E-state index in [0.29, 0.717) is 5.69 Å². The molecule has 0 saturated heterocycles. The van der Waals surface area contributed by atoms with Crippen LogP contribution in [-0.2, 0) is 0 Å². The number of carboxylic acids is 1. The number of fused-ring (bicyclic) bond motifs is 3. The number of carboxylic acid groups (broad SMARTS) is 1. The second-order valence-corrected chi connectivity index (χ2v) is 6.99. The van der Waals surface area contributed by atoms with Crippen molar-refractivity contribution in [2.24, 2.45) is 0 Å². The number of benzene rings is 1. The van der Waals surface area contributed by atoms with Crippen molar-refractivity contribution < 1.29 is 9.90 Å². The minimum atomic E-state index is -1.04. The van der Waals surface area contributed by atoms with E-state index < -0.39 is 5.97 Å². The third-order valence-electron chi connectivity index (χ3n) is 4.24. The first-order chi connectivity index (χ1) is 12.1. The van der Waals surface area contributed by atoms with Gasteiger partial charge in [-0.05, 0) is 18.6 Å². The van der Waals surface area contributed by atoms with Crippen LogP contribution in [0.2, 0.25) is 0 Å². The van der Waals surface area contributed by atoms with Gasteiger partial charge >= 0.3 is 5.97 Å². The molecule has 1 aliphatic rings. The molecule has 25 heavy (non-hydrogen) atoms. The van der Waals surface area contributed by atoms with Crippen molar-refractivity contribution in [2.45, 2.75) is 23.5 Å². The fourth-order valence-corrected chi connectivity index (χ4v) is 4.40. The Hall–Kier alpha value is -2.80. The molecule has 0 amide bonds. The van der Waals surface area contributed by atoms with Gasteiger partial charge in [-0.1, -0.05) is 25.1 Å². The SMILES string of the molecule is CCC1Sc2ccccc2-c2c1c(C(=O)O)nn2-c1ccc(=O)[nH]c1. The number of H-pyrrole nitrogens is 1. The fraction of sp³-hybridized carbons (Fsp3) is 0.167. The lowest BCUT2D eigenvalue weighted by Gasteiger charge is -2.24. The smallest absolute Gasteiger partial charge is 0.356 e. The van der Waals surface area contributed by atoms with E-state index in [9.17, 15) is 14.7 Å². The highest BCUT2D eigenvalue weighted by atomic mass is 32.2. The molecule has 1 aliphatic heterocycles. The Labute approximate surface area is 147 Å². The standard InChI is InChI=1S/C18H15N3O3S/c1-2-12-15-16(18(23)24)20-21(10-7-8-14(22)19-9-10)17(15)11-5-3-4-6-13(11)25-12/h3-9,12H,2H2,1H3,(H,19,22)(H,23,24). The van der Waals surface area contributed by atoms with Crippen LogP contribution in [-0.4, -0.2) is 25.8 Å². The van der Waals surface area contributed by atoms with Gasteiger partial charge in [0, 0.05) is 33.5 Å². The van der Waals surface area contributed by atoms with Crippen LogP contribution < -0.4 is 5.56 Å². The van der Waals surface area contributed by atoms with E-state index in [1.165, 1.54) is 6.07 Å². The summed E-state index contributed by atoms with van der Waals surface area (Å²) < 4.78 is 1.62. The van der Waals surface area contributed by atoms with Crippen molar-refractivity contribution in [2.75, 3.05) is 0 Å². The molecule has 6 nitrogen and oxygen atoms in total. The molecule has 0 aliphatic carbocycles. The molecule has 0 radical (unpaired) electrons.